The van der Waals surface area contributed by atoms with E-state index < -0.39 is 15.9 Å². The average Bonchev–Trinajstić information content (AvgIpc) is 3.35. The summed E-state index contributed by atoms with van der Waals surface area (Å²) in [6.45, 7) is 0.212. The molecule has 3 aromatic heterocycles. The fraction of sp³-hybridized carbons (Fsp3) is 0.208. The Hall–Kier alpha value is -4.52. The van der Waals surface area contributed by atoms with Crippen molar-refractivity contribution in [3.8, 4) is 16.9 Å². The first-order valence-electron chi connectivity index (χ1n) is 11.2. The van der Waals surface area contributed by atoms with Gasteiger partial charge in [0.05, 0.1) is 4.90 Å². The number of ether oxygens (including phenoxy) is 1. The molecule has 12 nitrogen and oxygen atoms in total. The van der Waals surface area contributed by atoms with Gasteiger partial charge < -0.3 is 14.3 Å². The molecule has 0 unspecified atom stereocenters. The van der Waals surface area contributed by atoms with Crippen LogP contribution in [0.2, 0.25) is 0 Å². The number of H-pyrrole nitrogens is 1. The Morgan fingerprint density at radius 3 is 2.57 bits per heavy atom. The summed E-state index contributed by atoms with van der Waals surface area (Å²) < 4.78 is 32.0. The van der Waals surface area contributed by atoms with Crippen LogP contribution in [0.4, 0.5) is 10.6 Å². The Balaban J connectivity index is 1.47. The number of amides is 3. The van der Waals surface area contributed by atoms with E-state index in [0.717, 1.165) is 6.26 Å². The van der Waals surface area contributed by atoms with Crippen LogP contribution >= 0.6 is 0 Å². The van der Waals surface area contributed by atoms with Gasteiger partial charge in [0.1, 0.15) is 23.6 Å². The molecule has 3 amide bonds. The van der Waals surface area contributed by atoms with Gasteiger partial charge in [-0.05, 0) is 36.4 Å². The number of benzene rings is 1. The molecule has 0 spiro atoms. The molecule has 5 rings (SSSR count). The number of carbonyl (C=O) groups is 2. The first-order chi connectivity index (χ1) is 17.6. The largest absolute Gasteiger partial charge is 0.487 e. The molecule has 37 heavy (non-hydrogen) atoms. The highest BCUT2D eigenvalue weighted by molar-refractivity contribution is 7.90. The predicted octanol–water partition coefficient (Wildman–Crippen LogP) is 1.75. The number of sulfone groups is 1. The third-order valence-electron chi connectivity index (χ3n) is 5.98. The third-order valence-corrected chi connectivity index (χ3v) is 7.09. The molecule has 0 aliphatic carbocycles. The van der Waals surface area contributed by atoms with Gasteiger partial charge in [-0.1, -0.05) is 0 Å². The summed E-state index contributed by atoms with van der Waals surface area (Å²) >= 11 is 0. The number of fused-ring (bicyclic) bond motifs is 1. The lowest BCUT2D eigenvalue weighted by atomic mass is 10.0. The highest BCUT2D eigenvalue weighted by Crippen LogP contribution is 2.36. The van der Waals surface area contributed by atoms with Crippen molar-refractivity contribution in [1.29, 1.82) is 0 Å². The number of anilines is 1. The van der Waals surface area contributed by atoms with E-state index in [4.69, 9.17) is 4.74 Å². The number of carbonyl (C=O) groups excluding carboxylic acids is 2. The van der Waals surface area contributed by atoms with E-state index in [-0.39, 0.29) is 35.9 Å². The van der Waals surface area contributed by atoms with Crippen molar-refractivity contribution >= 4 is 38.5 Å². The molecule has 13 heteroatoms. The van der Waals surface area contributed by atoms with Crippen molar-refractivity contribution in [2.24, 2.45) is 7.05 Å². The SMILES string of the molecule is Cn1cc(-c2cc(S(C)(=O)=O)ccc2OCc2ccc(N3CCC(=O)NC3=O)nn2)c2cc[nH]c2c1=O. The fourth-order valence-electron chi connectivity index (χ4n) is 4.07. The lowest BCUT2D eigenvalue weighted by Gasteiger charge is -2.25. The molecular formula is C24H22N6O6S. The zero-order chi connectivity index (χ0) is 26.3. The van der Waals surface area contributed by atoms with Gasteiger partial charge in [0, 0.05) is 55.2 Å². The number of nitrogens with zero attached hydrogens (tertiary/aromatic N) is 4. The second-order valence-electron chi connectivity index (χ2n) is 8.58. The summed E-state index contributed by atoms with van der Waals surface area (Å²) in [5, 5.41) is 11.1. The number of hydrogen-bond acceptors (Lipinski definition) is 8. The number of rotatable bonds is 6. The minimum absolute atomic E-state index is 0.00519. The van der Waals surface area contributed by atoms with Crippen LogP contribution in [0.15, 0.2) is 58.5 Å². The van der Waals surface area contributed by atoms with Gasteiger partial charge in [-0.15, -0.1) is 10.2 Å². The number of hydrogen-bond donors (Lipinski definition) is 2. The topological polar surface area (TPSA) is 156 Å². The quantitative estimate of drug-likeness (QED) is 0.388. The van der Waals surface area contributed by atoms with E-state index in [1.807, 2.05) is 0 Å². The monoisotopic (exact) mass is 522 g/mol. The van der Waals surface area contributed by atoms with E-state index >= 15 is 0 Å². The van der Waals surface area contributed by atoms with Crippen LogP contribution in [-0.4, -0.2) is 52.9 Å². The molecule has 0 bridgehead atoms. The highest BCUT2D eigenvalue weighted by Gasteiger charge is 2.25. The van der Waals surface area contributed by atoms with Gasteiger partial charge in [0.15, 0.2) is 15.7 Å². The number of urea groups is 1. The standard InChI is InChI=1S/C24H22N6O6S/c1-29-12-18(16-7-9-25-22(16)23(29)32)17-11-15(37(2,34)35)4-5-19(17)36-13-14-3-6-20(28-27-14)30-10-8-21(31)26-24(30)33/h3-7,9,11-12,25H,8,10,13H2,1-2H3,(H,26,31,33). The number of imide groups is 1. The summed E-state index contributed by atoms with van der Waals surface area (Å²) in [5.41, 5.74) is 1.74. The van der Waals surface area contributed by atoms with Crippen molar-refractivity contribution in [2.75, 3.05) is 17.7 Å². The fourth-order valence-corrected chi connectivity index (χ4v) is 4.72. The van der Waals surface area contributed by atoms with E-state index in [9.17, 15) is 22.8 Å². The number of nitrogens with one attached hydrogen (secondary N) is 2. The Morgan fingerprint density at radius 2 is 1.86 bits per heavy atom. The van der Waals surface area contributed by atoms with Crippen molar-refractivity contribution in [3.63, 3.8) is 0 Å². The average molecular weight is 523 g/mol. The maximum Gasteiger partial charge on any atom is 0.329 e. The molecule has 1 aromatic carbocycles. The molecule has 4 aromatic rings. The summed E-state index contributed by atoms with van der Waals surface area (Å²) in [4.78, 5) is 40.3. The van der Waals surface area contributed by atoms with Crippen molar-refractivity contribution < 1.29 is 22.7 Å². The second-order valence-corrected chi connectivity index (χ2v) is 10.6. The number of pyridine rings is 1. The second kappa shape index (κ2) is 9.17. The van der Waals surface area contributed by atoms with Crippen LogP contribution in [0, 0.1) is 0 Å². The minimum Gasteiger partial charge on any atom is -0.487 e. The molecule has 0 atom stereocenters. The normalized spacial score (nSPS) is 14.2. The first kappa shape index (κ1) is 24.2. The Kier molecular flexibility index (Phi) is 5.99. The smallest absolute Gasteiger partial charge is 0.329 e. The lowest BCUT2D eigenvalue weighted by molar-refractivity contribution is -0.120. The molecule has 4 heterocycles. The van der Waals surface area contributed by atoms with Crippen molar-refractivity contribution in [1.82, 2.24) is 25.1 Å². The van der Waals surface area contributed by atoms with E-state index in [2.05, 4.69) is 20.5 Å². The Morgan fingerprint density at radius 1 is 1.05 bits per heavy atom. The van der Waals surface area contributed by atoms with Gasteiger partial charge in [0.2, 0.25) is 5.91 Å². The lowest BCUT2D eigenvalue weighted by Crippen LogP contribution is -2.50. The number of aryl methyl sites for hydroxylation is 1. The molecule has 1 saturated heterocycles. The zero-order valence-corrected chi connectivity index (χ0v) is 20.7. The summed E-state index contributed by atoms with van der Waals surface area (Å²) in [6.07, 6.45) is 4.57. The van der Waals surface area contributed by atoms with Crippen molar-refractivity contribution in [2.45, 2.75) is 17.9 Å². The van der Waals surface area contributed by atoms with Gasteiger partial charge in [-0.25, -0.2) is 13.2 Å². The van der Waals surface area contributed by atoms with E-state index in [1.54, 1.807) is 43.7 Å². The summed E-state index contributed by atoms with van der Waals surface area (Å²) in [6, 6.07) is 8.97. The maximum absolute atomic E-state index is 12.5. The Labute approximate surface area is 210 Å². The molecule has 2 N–H and O–H groups in total. The van der Waals surface area contributed by atoms with Gasteiger partial charge in [-0.3, -0.25) is 19.8 Å². The Bertz CT molecular complexity index is 1710. The van der Waals surface area contributed by atoms with E-state index in [1.165, 1.54) is 21.6 Å². The van der Waals surface area contributed by atoms with E-state index in [0.29, 0.717) is 39.3 Å². The zero-order valence-electron chi connectivity index (χ0n) is 19.9. The molecule has 0 saturated carbocycles. The third kappa shape index (κ3) is 4.68. The highest BCUT2D eigenvalue weighted by atomic mass is 32.2. The number of aromatic amines is 1. The minimum atomic E-state index is -3.51. The first-order valence-corrected chi connectivity index (χ1v) is 13.1. The molecule has 1 fully saturated rings. The predicted molar refractivity (Wildman–Crippen MR) is 134 cm³/mol. The number of aromatic nitrogens is 4. The van der Waals surface area contributed by atoms with Crippen LogP contribution in [-0.2, 0) is 28.3 Å². The van der Waals surface area contributed by atoms with Crippen molar-refractivity contribution in [3.05, 3.63) is 64.8 Å². The van der Waals surface area contributed by atoms with Crippen LogP contribution in [0.5, 0.6) is 5.75 Å². The molecule has 1 aliphatic heterocycles. The van der Waals surface area contributed by atoms with Crippen LogP contribution in [0.25, 0.3) is 22.0 Å². The van der Waals surface area contributed by atoms with Crippen LogP contribution in [0.1, 0.15) is 12.1 Å². The van der Waals surface area contributed by atoms with Gasteiger partial charge in [-0.2, -0.15) is 0 Å². The van der Waals surface area contributed by atoms with Crippen LogP contribution < -0.4 is 20.5 Å². The maximum atomic E-state index is 12.5. The molecular weight excluding hydrogens is 500 g/mol. The van der Waals surface area contributed by atoms with Crippen LogP contribution in [0.3, 0.4) is 0 Å². The molecule has 0 radical (unpaired) electrons. The van der Waals surface area contributed by atoms with Gasteiger partial charge in [0.25, 0.3) is 5.56 Å². The summed E-state index contributed by atoms with van der Waals surface area (Å²) in [7, 11) is -1.90. The van der Waals surface area contributed by atoms with Gasteiger partial charge >= 0.3 is 6.03 Å². The summed E-state index contributed by atoms with van der Waals surface area (Å²) in [5.74, 6) is 0.340. The molecule has 1 aliphatic rings. The molecule has 190 valence electrons.